The van der Waals surface area contributed by atoms with Crippen LogP contribution in [-0.4, -0.2) is 79.7 Å². The maximum absolute atomic E-state index is 12.2. The molecule has 188 valence electrons. The molecule has 5 aromatic heterocycles. The van der Waals surface area contributed by atoms with Crippen LogP contribution in [0.15, 0.2) is 42.9 Å². The number of nitrogens with zero attached hydrogens (tertiary/aromatic N) is 7. The first-order valence-electron chi connectivity index (χ1n) is 12.4. The Morgan fingerprint density at radius 1 is 1.11 bits per heavy atom. The molecule has 1 amide bonds. The number of aromatic nitrogens is 7. The Balaban J connectivity index is 1.35. The summed E-state index contributed by atoms with van der Waals surface area (Å²) in [6, 6.07) is 7.75. The monoisotopic (exact) mass is 496 g/mol. The molecule has 5 aromatic rings. The second kappa shape index (κ2) is 9.58. The van der Waals surface area contributed by atoms with Crippen LogP contribution in [0.2, 0.25) is 0 Å². The average molecular weight is 497 g/mol. The van der Waals surface area contributed by atoms with Crippen molar-refractivity contribution in [2.75, 3.05) is 43.9 Å². The van der Waals surface area contributed by atoms with Gasteiger partial charge < -0.3 is 20.1 Å². The molecule has 11 heteroatoms. The number of carbonyl (C=O) groups is 1. The van der Waals surface area contributed by atoms with E-state index in [1.807, 2.05) is 49.5 Å². The van der Waals surface area contributed by atoms with Crippen LogP contribution in [0.25, 0.3) is 45.0 Å². The van der Waals surface area contributed by atoms with Gasteiger partial charge in [0.1, 0.15) is 11.0 Å². The van der Waals surface area contributed by atoms with Crippen LogP contribution in [0.4, 0.5) is 11.4 Å². The van der Waals surface area contributed by atoms with Crippen molar-refractivity contribution < 1.29 is 4.79 Å². The van der Waals surface area contributed by atoms with E-state index in [-0.39, 0.29) is 5.91 Å². The Morgan fingerprint density at radius 2 is 1.97 bits per heavy atom. The number of hydrogen-bond donors (Lipinski definition) is 3. The van der Waals surface area contributed by atoms with Gasteiger partial charge in [-0.3, -0.25) is 14.9 Å². The molecule has 0 bridgehead atoms. The van der Waals surface area contributed by atoms with E-state index in [1.54, 1.807) is 12.4 Å². The normalized spacial score (nSPS) is 14.1. The fraction of sp³-hybridized carbons (Fsp3) is 0.308. The highest BCUT2D eigenvalue weighted by Crippen LogP contribution is 2.31. The highest BCUT2D eigenvalue weighted by molar-refractivity contribution is 5.94. The van der Waals surface area contributed by atoms with Gasteiger partial charge in [-0.25, -0.2) is 15.0 Å². The molecule has 6 rings (SSSR count). The lowest BCUT2D eigenvalue weighted by molar-refractivity contribution is -0.116. The standard InChI is InChI=1S/C26H28N10O/c1-35(2)15-21(37)29-17-12-16(13-27-14-17)18-6-7-19-22(30-18)24(34-33-19)26-31-23-20(8-9-28-25(23)32-26)36-10-4-3-5-11-36/h6-9,12-14H,3-5,10-11,15H2,1-2H3,(H,29,37)(H,33,34)(H,28,31,32). The van der Waals surface area contributed by atoms with Crippen LogP contribution in [0.1, 0.15) is 19.3 Å². The minimum atomic E-state index is -0.105. The summed E-state index contributed by atoms with van der Waals surface area (Å²) in [6.07, 6.45) is 8.82. The number of H-pyrrole nitrogens is 2. The summed E-state index contributed by atoms with van der Waals surface area (Å²) in [5, 5.41) is 10.5. The number of imidazole rings is 1. The molecule has 0 aliphatic carbocycles. The van der Waals surface area contributed by atoms with Gasteiger partial charge in [-0.1, -0.05) is 0 Å². The first-order valence-corrected chi connectivity index (χ1v) is 12.4. The average Bonchev–Trinajstić information content (AvgIpc) is 3.52. The zero-order valence-corrected chi connectivity index (χ0v) is 20.8. The van der Waals surface area contributed by atoms with E-state index in [4.69, 9.17) is 9.97 Å². The van der Waals surface area contributed by atoms with E-state index in [9.17, 15) is 4.79 Å². The Hall–Kier alpha value is -4.38. The quantitative estimate of drug-likeness (QED) is 0.326. The van der Waals surface area contributed by atoms with E-state index < -0.39 is 0 Å². The van der Waals surface area contributed by atoms with Crippen LogP contribution >= 0.6 is 0 Å². The van der Waals surface area contributed by atoms with Crippen LogP contribution in [0.5, 0.6) is 0 Å². The van der Waals surface area contributed by atoms with Gasteiger partial charge in [-0.2, -0.15) is 5.10 Å². The maximum Gasteiger partial charge on any atom is 0.238 e. The number of fused-ring (bicyclic) bond motifs is 2. The van der Waals surface area contributed by atoms with Crippen molar-refractivity contribution in [2.24, 2.45) is 0 Å². The molecule has 0 unspecified atom stereocenters. The summed E-state index contributed by atoms with van der Waals surface area (Å²) in [6.45, 7) is 2.36. The van der Waals surface area contributed by atoms with Gasteiger partial charge in [0.25, 0.3) is 0 Å². The fourth-order valence-electron chi connectivity index (χ4n) is 4.77. The molecule has 0 saturated carbocycles. The van der Waals surface area contributed by atoms with E-state index >= 15 is 0 Å². The van der Waals surface area contributed by atoms with Crippen molar-refractivity contribution in [1.29, 1.82) is 0 Å². The number of amides is 1. The lowest BCUT2D eigenvalue weighted by Crippen LogP contribution is -2.29. The van der Waals surface area contributed by atoms with Gasteiger partial charge in [0.15, 0.2) is 17.2 Å². The first kappa shape index (κ1) is 23.0. The van der Waals surface area contributed by atoms with Crippen molar-refractivity contribution in [3.63, 3.8) is 0 Å². The molecule has 3 N–H and O–H groups in total. The lowest BCUT2D eigenvalue weighted by atomic mass is 10.1. The topological polar surface area (TPSA) is 132 Å². The maximum atomic E-state index is 12.2. The van der Waals surface area contributed by atoms with Gasteiger partial charge in [0.2, 0.25) is 5.91 Å². The third kappa shape index (κ3) is 4.60. The second-order valence-electron chi connectivity index (χ2n) is 9.57. The number of nitrogens with one attached hydrogen (secondary N) is 3. The predicted molar refractivity (Wildman–Crippen MR) is 143 cm³/mol. The molecule has 37 heavy (non-hydrogen) atoms. The molecule has 6 heterocycles. The predicted octanol–water partition coefficient (Wildman–Crippen LogP) is 3.45. The van der Waals surface area contributed by atoms with Gasteiger partial charge in [0, 0.05) is 31.0 Å². The van der Waals surface area contributed by atoms with Crippen molar-refractivity contribution in [3.8, 4) is 22.8 Å². The third-order valence-corrected chi connectivity index (χ3v) is 6.48. The Morgan fingerprint density at radius 3 is 2.81 bits per heavy atom. The number of likely N-dealkylation sites (N-methyl/N-ethyl adjacent to an activating group) is 1. The molecule has 1 saturated heterocycles. The molecular weight excluding hydrogens is 468 g/mol. The van der Waals surface area contributed by atoms with Crippen LogP contribution < -0.4 is 10.2 Å². The summed E-state index contributed by atoms with van der Waals surface area (Å²) in [7, 11) is 3.70. The van der Waals surface area contributed by atoms with Gasteiger partial charge in [-0.15, -0.1) is 0 Å². The first-order chi connectivity index (χ1) is 18.0. The minimum Gasteiger partial charge on any atom is -0.370 e. The number of carbonyl (C=O) groups excluding carboxylic acids is 1. The third-order valence-electron chi connectivity index (χ3n) is 6.48. The lowest BCUT2D eigenvalue weighted by Gasteiger charge is -2.28. The molecule has 1 aliphatic heterocycles. The number of rotatable bonds is 6. The Kier molecular flexibility index (Phi) is 5.97. The molecular formula is C26H28N10O. The summed E-state index contributed by atoms with van der Waals surface area (Å²) in [4.78, 5) is 38.3. The number of aromatic amines is 2. The van der Waals surface area contributed by atoms with Crippen LogP contribution in [-0.2, 0) is 4.79 Å². The molecule has 0 radical (unpaired) electrons. The van der Waals surface area contributed by atoms with Gasteiger partial charge in [0.05, 0.1) is 35.3 Å². The minimum absolute atomic E-state index is 0.105. The number of hydrogen-bond acceptors (Lipinski definition) is 8. The Labute approximate surface area is 213 Å². The highest BCUT2D eigenvalue weighted by atomic mass is 16.2. The Bertz CT molecular complexity index is 1580. The summed E-state index contributed by atoms with van der Waals surface area (Å²) >= 11 is 0. The van der Waals surface area contributed by atoms with E-state index in [1.165, 1.54) is 19.3 Å². The summed E-state index contributed by atoms with van der Waals surface area (Å²) in [5.74, 6) is 0.512. The summed E-state index contributed by atoms with van der Waals surface area (Å²) in [5.41, 5.74) is 6.94. The van der Waals surface area contributed by atoms with Gasteiger partial charge in [-0.05, 0) is 57.6 Å². The number of anilines is 2. The number of piperidine rings is 1. The number of pyridine rings is 3. The molecule has 11 nitrogen and oxygen atoms in total. The summed E-state index contributed by atoms with van der Waals surface area (Å²) < 4.78 is 0. The molecule has 0 atom stereocenters. The van der Waals surface area contributed by atoms with E-state index in [0.29, 0.717) is 34.9 Å². The molecule has 0 spiro atoms. The highest BCUT2D eigenvalue weighted by Gasteiger charge is 2.20. The van der Waals surface area contributed by atoms with Crippen molar-refractivity contribution in [1.82, 2.24) is 40.0 Å². The van der Waals surface area contributed by atoms with Crippen molar-refractivity contribution >= 4 is 39.5 Å². The van der Waals surface area contributed by atoms with Crippen LogP contribution in [0.3, 0.4) is 0 Å². The SMILES string of the molecule is CN(C)CC(=O)Nc1cncc(-c2ccc3[nH]nc(-c4nc5nccc(N6CCCCC6)c5[nH]4)c3n2)c1. The van der Waals surface area contributed by atoms with Crippen molar-refractivity contribution in [2.45, 2.75) is 19.3 Å². The molecule has 1 aliphatic rings. The fourth-order valence-corrected chi connectivity index (χ4v) is 4.77. The van der Waals surface area contributed by atoms with E-state index in [2.05, 4.69) is 35.4 Å². The molecule has 0 aromatic carbocycles. The van der Waals surface area contributed by atoms with Gasteiger partial charge >= 0.3 is 0 Å². The zero-order chi connectivity index (χ0) is 25.4. The largest absolute Gasteiger partial charge is 0.370 e. The zero-order valence-electron chi connectivity index (χ0n) is 20.8. The van der Waals surface area contributed by atoms with Crippen LogP contribution in [0, 0.1) is 0 Å². The smallest absolute Gasteiger partial charge is 0.238 e. The van der Waals surface area contributed by atoms with E-state index in [0.717, 1.165) is 41.1 Å². The molecule has 1 fully saturated rings. The second-order valence-corrected chi connectivity index (χ2v) is 9.57. The van der Waals surface area contributed by atoms with Crippen molar-refractivity contribution in [3.05, 3.63) is 42.9 Å².